The summed E-state index contributed by atoms with van der Waals surface area (Å²) in [5.41, 5.74) is 0.590. The smallest absolute Gasteiger partial charge is 0.303 e. The van der Waals surface area contributed by atoms with E-state index in [1.807, 2.05) is 19.9 Å². The maximum atomic E-state index is 12.7. The van der Waals surface area contributed by atoms with Crippen molar-refractivity contribution >= 4 is 27.8 Å². The predicted octanol–water partition coefficient (Wildman–Crippen LogP) is 3.56. The van der Waals surface area contributed by atoms with Gasteiger partial charge in [0.05, 0.1) is 6.10 Å². The van der Waals surface area contributed by atoms with Crippen LogP contribution in [0.3, 0.4) is 0 Å². The van der Waals surface area contributed by atoms with Gasteiger partial charge in [-0.2, -0.15) is 0 Å². The van der Waals surface area contributed by atoms with Gasteiger partial charge in [-0.25, -0.2) is 0 Å². The third-order valence-corrected chi connectivity index (χ3v) is 4.31. The van der Waals surface area contributed by atoms with Crippen molar-refractivity contribution in [3.05, 3.63) is 28.2 Å². The Hall–Kier alpha value is -1.56. The van der Waals surface area contributed by atoms with E-state index in [1.54, 1.807) is 17.0 Å². The van der Waals surface area contributed by atoms with Crippen molar-refractivity contribution < 1.29 is 19.4 Å². The second-order valence-corrected chi connectivity index (χ2v) is 7.09. The molecule has 23 heavy (non-hydrogen) atoms. The molecule has 0 unspecified atom stereocenters. The number of halogens is 1. The highest BCUT2D eigenvalue weighted by molar-refractivity contribution is 9.10. The van der Waals surface area contributed by atoms with E-state index in [4.69, 9.17) is 9.84 Å². The molecule has 1 aliphatic rings. The number of nitrogens with zero attached hydrogens (tertiary/aromatic N) is 1. The molecule has 1 N–H and O–H groups in total. The molecule has 1 aromatic carbocycles. The van der Waals surface area contributed by atoms with Crippen molar-refractivity contribution in [2.45, 2.75) is 39.2 Å². The van der Waals surface area contributed by atoms with Crippen LogP contribution in [0.15, 0.2) is 22.7 Å². The number of carboxylic acid groups (broad SMARTS) is 1. The van der Waals surface area contributed by atoms with Gasteiger partial charge in [-0.3, -0.25) is 9.59 Å². The summed E-state index contributed by atoms with van der Waals surface area (Å²) < 4.78 is 6.47. The molecule has 1 aromatic rings. The number of carbonyl (C=O) groups excluding carboxylic acids is 1. The maximum absolute atomic E-state index is 12.7. The number of carboxylic acids is 1. The monoisotopic (exact) mass is 383 g/mol. The van der Waals surface area contributed by atoms with E-state index >= 15 is 0 Å². The number of hydrogen-bond acceptors (Lipinski definition) is 3. The summed E-state index contributed by atoms with van der Waals surface area (Å²) in [5, 5.41) is 8.85. The zero-order valence-electron chi connectivity index (χ0n) is 13.4. The van der Waals surface area contributed by atoms with E-state index in [2.05, 4.69) is 15.9 Å². The van der Waals surface area contributed by atoms with Crippen LogP contribution >= 0.6 is 15.9 Å². The Bertz CT molecular complexity index is 580. The zero-order chi connectivity index (χ0) is 17.0. The van der Waals surface area contributed by atoms with Gasteiger partial charge in [0.1, 0.15) is 5.75 Å². The summed E-state index contributed by atoms with van der Waals surface area (Å²) in [6.45, 7) is 5.08. The van der Waals surface area contributed by atoms with Crippen molar-refractivity contribution in [1.82, 2.24) is 4.90 Å². The van der Waals surface area contributed by atoms with E-state index < -0.39 is 5.97 Å². The van der Waals surface area contributed by atoms with E-state index in [0.717, 1.165) is 17.3 Å². The van der Waals surface area contributed by atoms with Crippen LogP contribution in [-0.4, -0.2) is 41.1 Å². The highest BCUT2D eigenvalue weighted by atomic mass is 79.9. The highest BCUT2D eigenvalue weighted by Crippen LogP contribution is 2.26. The normalized spacial score (nSPS) is 15.7. The molecule has 6 heteroatoms. The van der Waals surface area contributed by atoms with Gasteiger partial charge in [0.25, 0.3) is 5.91 Å². The highest BCUT2D eigenvalue weighted by Gasteiger charge is 2.25. The first kappa shape index (κ1) is 17.8. The fraction of sp³-hybridized carbons (Fsp3) is 0.529. The Balaban J connectivity index is 2.03. The standard InChI is InChI=1S/C17H22BrNO4/c1-11(2)23-15-9-13(8-14(18)10-15)17(22)19-5-3-12(4-6-19)7-16(20)21/h8-12H,3-7H2,1-2H3,(H,20,21). The van der Waals surface area contributed by atoms with Crippen LogP contribution in [0.2, 0.25) is 0 Å². The Morgan fingerprint density at radius 3 is 2.52 bits per heavy atom. The molecule has 0 saturated carbocycles. The van der Waals surface area contributed by atoms with Gasteiger partial charge in [-0.1, -0.05) is 15.9 Å². The van der Waals surface area contributed by atoms with Gasteiger partial charge in [0, 0.05) is 29.5 Å². The minimum Gasteiger partial charge on any atom is -0.491 e. The van der Waals surface area contributed by atoms with E-state index in [0.29, 0.717) is 24.4 Å². The third-order valence-electron chi connectivity index (χ3n) is 3.86. The number of ether oxygens (including phenoxy) is 1. The predicted molar refractivity (Wildman–Crippen MR) is 90.8 cm³/mol. The molecule has 1 aliphatic heterocycles. The molecule has 126 valence electrons. The van der Waals surface area contributed by atoms with Crippen molar-refractivity contribution in [3.63, 3.8) is 0 Å². The van der Waals surface area contributed by atoms with E-state index in [9.17, 15) is 9.59 Å². The molecule has 1 heterocycles. The number of benzene rings is 1. The molecule has 0 atom stereocenters. The lowest BCUT2D eigenvalue weighted by molar-refractivity contribution is -0.138. The van der Waals surface area contributed by atoms with Crippen LogP contribution in [0, 0.1) is 5.92 Å². The molecule has 5 nitrogen and oxygen atoms in total. The van der Waals surface area contributed by atoms with E-state index in [-0.39, 0.29) is 24.3 Å². The number of likely N-dealkylation sites (tertiary alicyclic amines) is 1. The number of carbonyl (C=O) groups is 2. The molecule has 0 bridgehead atoms. The fourth-order valence-electron chi connectivity index (χ4n) is 2.80. The molecular weight excluding hydrogens is 362 g/mol. The largest absolute Gasteiger partial charge is 0.491 e. The van der Waals surface area contributed by atoms with Gasteiger partial charge in [-0.15, -0.1) is 0 Å². The zero-order valence-corrected chi connectivity index (χ0v) is 15.0. The second kappa shape index (κ2) is 7.81. The van der Waals surface area contributed by atoms with Crippen molar-refractivity contribution in [1.29, 1.82) is 0 Å². The average molecular weight is 384 g/mol. The molecular formula is C17H22BrNO4. The summed E-state index contributed by atoms with van der Waals surface area (Å²) in [6, 6.07) is 5.39. The van der Waals surface area contributed by atoms with Gasteiger partial charge in [-0.05, 0) is 50.8 Å². The lowest BCUT2D eigenvalue weighted by Crippen LogP contribution is -2.38. The minimum absolute atomic E-state index is 0.0336. The SMILES string of the molecule is CC(C)Oc1cc(Br)cc(C(=O)N2CCC(CC(=O)O)CC2)c1. The summed E-state index contributed by atoms with van der Waals surface area (Å²) in [6.07, 6.45) is 1.70. The maximum Gasteiger partial charge on any atom is 0.303 e. The summed E-state index contributed by atoms with van der Waals surface area (Å²) in [5.74, 6) is 0.0308. The quantitative estimate of drug-likeness (QED) is 0.843. The van der Waals surface area contributed by atoms with Crippen LogP contribution in [0.5, 0.6) is 5.75 Å². The molecule has 0 radical (unpaired) electrons. The Labute approximate surface area is 144 Å². The van der Waals surface area contributed by atoms with Crippen LogP contribution in [0.25, 0.3) is 0 Å². The molecule has 1 amide bonds. The van der Waals surface area contributed by atoms with Crippen molar-refractivity contribution in [2.24, 2.45) is 5.92 Å². The lowest BCUT2D eigenvalue weighted by Gasteiger charge is -2.31. The number of rotatable bonds is 5. The number of amides is 1. The first-order chi connectivity index (χ1) is 10.8. The topological polar surface area (TPSA) is 66.8 Å². The molecule has 0 spiro atoms. The van der Waals surface area contributed by atoms with Crippen molar-refractivity contribution in [2.75, 3.05) is 13.1 Å². The van der Waals surface area contributed by atoms with Crippen LogP contribution in [-0.2, 0) is 4.79 Å². The van der Waals surface area contributed by atoms with Crippen LogP contribution in [0.4, 0.5) is 0 Å². The Kier molecular flexibility index (Phi) is 6.04. The molecule has 0 aliphatic carbocycles. The minimum atomic E-state index is -0.766. The Morgan fingerprint density at radius 2 is 1.96 bits per heavy atom. The molecule has 0 aromatic heterocycles. The first-order valence-corrected chi connectivity index (χ1v) is 8.62. The van der Waals surface area contributed by atoms with Gasteiger partial charge >= 0.3 is 5.97 Å². The average Bonchev–Trinajstić information content (AvgIpc) is 2.45. The fourth-order valence-corrected chi connectivity index (χ4v) is 3.27. The first-order valence-electron chi connectivity index (χ1n) is 7.83. The number of aliphatic carboxylic acids is 1. The van der Waals surface area contributed by atoms with Crippen molar-refractivity contribution in [3.8, 4) is 5.75 Å². The molecule has 1 fully saturated rings. The lowest BCUT2D eigenvalue weighted by atomic mass is 9.93. The van der Waals surface area contributed by atoms with Gasteiger partial charge in [0.15, 0.2) is 0 Å². The summed E-state index contributed by atoms with van der Waals surface area (Å²) in [7, 11) is 0. The third kappa shape index (κ3) is 5.23. The summed E-state index contributed by atoms with van der Waals surface area (Å²) >= 11 is 3.42. The number of hydrogen-bond donors (Lipinski definition) is 1. The molecule has 2 rings (SSSR count). The van der Waals surface area contributed by atoms with Crippen LogP contribution in [0.1, 0.15) is 43.5 Å². The van der Waals surface area contributed by atoms with Gasteiger partial charge < -0.3 is 14.7 Å². The Morgan fingerprint density at radius 1 is 1.30 bits per heavy atom. The van der Waals surface area contributed by atoms with E-state index in [1.165, 1.54) is 0 Å². The number of piperidine rings is 1. The van der Waals surface area contributed by atoms with Crippen LogP contribution < -0.4 is 4.74 Å². The second-order valence-electron chi connectivity index (χ2n) is 6.18. The molecule has 1 saturated heterocycles. The van der Waals surface area contributed by atoms with Gasteiger partial charge in [0.2, 0.25) is 0 Å². The summed E-state index contributed by atoms with van der Waals surface area (Å²) in [4.78, 5) is 25.2.